The fourth-order valence-electron chi connectivity index (χ4n) is 1.98. The Morgan fingerprint density at radius 1 is 1.44 bits per heavy atom. The molecule has 1 atom stereocenters. The van der Waals surface area contributed by atoms with Gasteiger partial charge in [0.1, 0.15) is 5.75 Å². The first-order valence-corrected chi connectivity index (χ1v) is 6.31. The lowest BCUT2D eigenvalue weighted by Crippen LogP contribution is -2.21. The summed E-state index contributed by atoms with van der Waals surface area (Å²) in [5, 5.41) is 7.52. The topological polar surface area (TPSA) is 52.0 Å². The van der Waals surface area contributed by atoms with E-state index >= 15 is 0 Å². The van der Waals surface area contributed by atoms with Crippen LogP contribution >= 0.6 is 15.9 Å². The van der Waals surface area contributed by atoms with Crippen molar-refractivity contribution in [2.24, 2.45) is 7.05 Å². The van der Waals surface area contributed by atoms with Crippen LogP contribution in [0, 0.1) is 0 Å². The van der Waals surface area contributed by atoms with E-state index in [0.717, 1.165) is 21.5 Å². The van der Waals surface area contributed by atoms with Crippen molar-refractivity contribution in [3.8, 4) is 5.75 Å². The number of hydrogen-bond donors (Lipinski definition) is 1. The molecule has 0 bridgehead atoms. The van der Waals surface area contributed by atoms with E-state index in [1.807, 2.05) is 24.8 Å². The minimum atomic E-state index is -0.00942. The van der Waals surface area contributed by atoms with E-state index in [-0.39, 0.29) is 6.04 Å². The van der Waals surface area contributed by atoms with Crippen LogP contribution in [-0.4, -0.2) is 28.9 Å². The van der Waals surface area contributed by atoms with Crippen LogP contribution in [0.3, 0.4) is 0 Å². The fraction of sp³-hybridized carbons (Fsp3) is 0.333. The highest BCUT2D eigenvalue weighted by molar-refractivity contribution is 9.10. The molecule has 0 aliphatic rings. The molecular formula is C12H15BrN4O. The lowest BCUT2D eigenvalue weighted by atomic mass is 10.0. The third kappa shape index (κ3) is 2.26. The summed E-state index contributed by atoms with van der Waals surface area (Å²) in [5.74, 6) is 0.755. The fourth-order valence-corrected chi connectivity index (χ4v) is 2.56. The molecule has 0 radical (unpaired) electrons. The molecule has 2 aromatic rings. The molecule has 0 spiro atoms. The molecule has 6 heteroatoms. The monoisotopic (exact) mass is 310 g/mol. The van der Waals surface area contributed by atoms with Gasteiger partial charge in [0.2, 0.25) is 0 Å². The molecule has 0 aliphatic heterocycles. The lowest BCUT2D eigenvalue weighted by molar-refractivity contribution is 0.402. The van der Waals surface area contributed by atoms with Crippen LogP contribution in [0.25, 0.3) is 0 Å². The second kappa shape index (κ2) is 5.49. The number of nitrogens with one attached hydrogen (secondary N) is 1. The Labute approximate surface area is 114 Å². The highest BCUT2D eigenvalue weighted by Crippen LogP contribution is 2.32. The Morgan fingerprint density at radius 2 is 2.22 bits per heavy atom. The van der Waals surface area contributed by atoms with Crippen LogP contribution in [0.5, 0.6) is 5.75 Å². The third-order valence-electron chi connectivity index (χ3n) is 2.85. The van der Waals surface area contributed by atoms with Crippen molar-refractivity contribution in [1.29, 1.82) is 0 Å². The Hall–Kier alpha value is -1.40. The highest BCUT2D eigenvalue weighted by Gasteiger charge is 2.22. The molecule has 1 N–H and O–H groups in total. The largest absolute Gasteiger partial charge is 0.495 e. The standard InChI is InChI=1S/C12H15BrN4O/c1-14-11(12-9(13)6-16-17(12)2)8-4-5-15-7-10(8)18-3/h4-7,11,14H,1-3H3. The average molecular weight is 311 g/mol. The maximum atomic E-state index is 5.36. The summed E-state index contributed by atoms with van der Waals surface area (Å²) < 4.78 is 8.16. The van der Waals surface area contributed by atoms with E-state index < -0.39 is 0 Å². The zero-order valence-corrected chi connectivity index (χ0v) is 12.1. The van der Waals surface area contributed by atoms with Crippen molar-refractivity contribution in [1.82, 2.24) is 20.1 Å². The van der Waals surface area contributed by atoms with E-state index in [1.54, 1.807) is 25.7 Å². The van der Waals surface area contributed by atoms with Crippen LogP contribution in [0.2, 0.25) is 0 Å². The van der Waals surface area contributed by atoms with Crippen molar-refractivity contribution >= 4 is 15.9 Å². The highest BCUT2D eigenvalue weighted by atomic mass is 79.9. The van der Waals surface area contributed by atoms with Gasteiger partial charge in [0.15, 0.2) is 0 Å². The van der Waals surface area contributed by atoms with Gasteiger partial charge >= 0.3 is 0 Å². The number of hydrogen-bond acceptors (Lipinski definition) is 4. The summed E-state index contributed by atoms with van der Waals surface area (Å²) >= 11 is 3.52. The van der Waals surface area contributed by atoms with E-state index in [1.165, 1.54) is 0 Å². The van der Waals surface area contributed by atoms with Gasteiger partial charge in [0.25, 0.3) is 0 Å². The van der Waals surface area contributed by atoms with Crippen LogP contribution in [0.15, 0.2) is 29.1 Å². The van der Waals surface area contributed by atoms with Crippen LogP contribution in [0.4, 0.5) is 0 Å². The Kier molecular flexibility index (Phi) is 3.98. The van der Waals surface area contributed by atoms with E-state index in [0.29, 0.717) is 0 Å². The van der Waals surface area contributed by atoms with Crippen LogP contribution in [0.1, 0.15) is 17.3 Å². The Morgan fingerprint density at radius 3 is 2.78 bits per heavy atom. The van der Waals surface area contributed by atoms with Crippen molar-refractivity contribution in [2.75, 3.05) is 14.2 Å². The zero-order valence-electron chi connectivity index (χ0n) is 10.5. The van der Waals surface area contributed by atoms with Crippen molar-refractivity contribution in [3.63, 3.8) is 0 Å². The molecule has 0 saturated heterocycles. The maximum absolute atomic E-state index is 5.36. The minimum absolute atomic E-state index is 0.00942. The molecule has 5 nitrogen and oxygen atoms in total. The van der Waals surface area contributed by atoms with E-state index in [2.05, 4.69) is 31.3 Å². The van der Waals surface area contributed by atoms with Gasteiger partial charge in [-0.15, -0.1) is 0 Å². The molecule has 2 heterocycles. The summed E-state index contributed by atoms with van der Waals surface area (Å²) in [5.41, 5.74) is 2.07. The van der Waals surface area contributed by atoms with E-state index in [4.69, 9.17) is 4.74 Å². The number of aryl methyl sites for hydroxylation is 1. The normalized spacial score (nSPS) is 12.4. The SMILES string of the molecule is CNC(c1ccncc1OC)c1c(Br)cnn1C. The smallest absolute Gasteiger partial charge is 0.142 e. The van der Waals surface area contributed by atoms with E-state index in [9.17, 15) is 0 Å². The quantitative estimate of drug-likeness (QED) is 0.937. The number of halogens is 1. The van der Waals surface area contributed by atoms with Gasteiger partial charge in [-0.1, -0.05) is 0 Å². The van der Waals surface area contributed by atoms with Crippen LogP contribution < -0.4 is 10.1 Å². The molecule has 2 aromatic heterocycles. The number of nitrogens with zero attached hydrogens (tertiary/aromatic N) is 3. The number of aromatic nitrogens is 3. The lowest BCUT2D eigenvalue weighted by Gasteiger charge is -2.19. The second-order valence-electron chi connectivity index (χ2n) is 3.84. The molecule has 18 heavy (non-hydrogen) atoms. The summed E-state index contributed by atoms with van der Waals surface area (Å²) in [6, 6.07) is 1.93. The van der Waals surface area contributed by atoms with Gasteiger partial charge in [-0.3, -0.25) is 9.67 Å². The van der Waals surface area contributed by atoms with Gasteiger partial charge in [0.05, 0.1) is 35.7 Å². The summed E-state index contributed by atoms with van der Waals surface area (Å²) in [6.45, 7) is 0. The number of methoxy groups -OCH3 is 1. The summed E-state index contributed by atoms with van der Waals surface area (Å²) in [6.07, 6.45) is 5.25. The first kappa shape index (κ1) is 13.0. The average Bonchev–Trinajstić information content (AvgIpc) is 2.72. The molecule has 0 amide bonds. The predicted octanol–water partition coefficient (Wildman–Crippen LogP) is 1.90. The zero-order chi connectivity index (χ0) is 13.1. The molecule has 96 valence electrons. The molecule has 0 fully saturated rings. The Balaban J connectivity index is 2.52. The molecule has 0 aliphatic carbocycles. The molecule has 0 aromatic carbocycles. The number of rotatable bonds is 4. The second-order valence-corrected chi connectivity index (χ2v) is 4.70. The predicted molar refractivity (Wildman–Crippen MR) is 72.6 cm³/mol. The first-order chi connectivity index (χ1) is 8.69. The van der Waals surface area contributed by atoms with Gasteiger partial charge in [0, 0.05) is 18.8 Å². The summed E-state index contributed by atoms with van der Waals surface area (Å²) in [4.78, 5) is 4.07. The molecule has 1 unspecified atom stereocenters. The van der Waals surface area contributed by atoms with Gasteiger partial charge in [-0.05, 0) is 29.0 Å². The van der Waals surface area contributed by atoms with Crippen LogP contribution in [-0.2, 0) is 7.05 Å². The minimum Gasteiger partial charge on any atom is -0.495 e. The van der Waals surface area contributed by atoms with Gasteiger partial charge < -0.3 is 10.1 Å². The van der Waals surface area contributed by atoms with Crippen molar-refractivity contribution < 1.29 is 4.74 Å². The third-order valence-corrected chi connectivity index (χ3v) is 3.46. The number of ether oxygens (including phenoxy) is 1. The van der Waals surface area contributed by atoms with Crippen molar-refractivity contribution in [3.05, 3.63) is 40.4 Å². The molecule has 2 rings (SSSR count). The molecular weight excluding hydrogens is 296 g/mol. The maximum Gasteiger partial charge on any atom is 0.142 e. The first-order valence-electron chi connectivity index (χ1n) is 5.51. The summed E-state index contributed by atoms with van der Waals surface area (Å²) in [7, 11) is 5.47. The van der Waals surface area contributed by atoms with Gasteiger partial charge in [-0.25, -0.2) is 0 Å². The molecule has 0 saturated carbocycles. The van der Waals surface area contributed by atoms with Gasteiger partial charge in [-0.2, -0.15) is 5.10 Å². The Bertz CT molecular complexity index is 521. The van der Waals surface area contributed by atoms with Crippen molar-refractivity contribution in [2.45, 2.75) is 6.04 Å². The number of pyridine rings is 1.